The van der Waals surface area contributed by atoms with Crippen molar-refractivity contribution >= 4 is 34.5 Å². The van der Waals surface area contributed by atoms with Gasteiger partial charge in [0.1, 0.15) is 0 Å². The van der Waals surface area contributed by atoms with Crippen molar-refractivity contribution in [1.82, 2.24) is 4.90 Å². The van der Waals surface area contributed by atoms with Gasteiger partial charge in [-0.05, 0) is 30.8 Å². The van der Waals surface area contributed by atoms with E-state index in [0.29, 0.717) is 6.54 Å². The molecule has 1 aromatic carbocycles. The maximum absolute atomic E-state index is 6.25. The summed E-state index contributed by atoms with van der Waals surface area (Å²) in [6.07, 6.45) is 0. The van der Waals surface area contributed by atoms with Crippen LogP contribution in [0.15, 0.2) is 36.4 Å². The Bertz CT molecular complexity index is 542. The van der Waals surface area contributed by atoms with Gasteiger partial charge in [0, 0.05) is 29.0 Å². The smallest absolute Gasteiger partial charge is 0.0931 e. The Labute approximate surface area is 127 Å². The Morgan fingerprint density at radius 2 is 1.95 bits per heavy atom. The van der Waals surface area contributed by atoms with Gasteiger partial charge in [0.05, 0.1) is 4.34 Å². The molecule has 0 radical (unpaired) electrons. The number of nitrogens with two attached hydrogens (primary N) is 1. The van der Waals surface area contributed by atoms with Crippen molar-refractivity contribution in [2.24, 2.45) is 5.73 Å². The molecule has 19 heavy (non-hydrogen) atoms. The lowest BCUT2D eigenvalue weighted by Gasteiger charge is -2.27. The lowest BCUT2D eigenvalue weighted by Crippen LogP contribution is -2.30. The van der Waals surface area contributed by atoms with Gasteiger partial charge < -0.3 is 5.73 Å². The molecular weight excluding hydrogens is 299 g/mol. The summed E-state index contributed by atoms with van der Waals surface area (Å²) in [5.74, 6) is 0. The summed E-state index contributed by atoms with van der Waals surface area (Å²) in [6, 6.07) is 11.9. The van der Waals surface area contributed by atoms with Crippen LogP contribution in [0.3, 0.4) is 0 Å². The van der Waals surface area contributed by atoms with E-state index in [-0.39, 0.29) is 6.04 Å². The Morgan fingerprint density at radius 1 is 1.21 bits per heavy atom. The Kier molecular flexibility index (Phi) is 5.25. The molecule has 1 atom stereocenters. The highest BCUT2D eigenvalue weighted by Crippen LogP contribution is 2.29. The molecule has 2 rings (SSSR count). The fraction of sp³-hybridized carbons (Fsp3) is 0.286. The van der Waals surface area contributed by atoms with Crippen LogP contribution in [-0.4, -0.2) is 18.5 Å². The molecule has 0 aliphatic rings. The SMILES string of the molecule is CN(Cc1ccc(Cl)s1)C(CN)c1ccccc1Cl. The van der Waals surface area contributed by atoms with E-state index >= 15 is 0 Å². The van der Waals surface area contributed by atoms with E-state index in [1.165, 1.54) is 4.88 Å². The molecular formula is C14H16Cl2N2S. The van der Waals surface area contributed by atoms with Crippen LogP contribution in [-0.2, 0) is 6.54 Å². The number of thiophene rings is 1. The Hall–Kier alpha value is -0.580. The van der Waals surface area contributed by atoms with Crippen LogP contribution >= 0.6 is 34.5 Å². The number of likely N-dealkylation sites (N-methyl/N-ethyl adjacent to an activating group) is 1. The first-order chi connectivity index (χ1) is 9.11. The molecule has 2 nitrogen and oxygen atoms in total. The summed E-state index contributed by atoms with van der Waals surface area (Å²) in [7, 11) is 2.05. The van der Waals surface area contributed by atoms with E-state index in [0.717, 1.165) is 21.5 Å². The summed E-state index contributed by atoms with van der Waals surface area (Å²) < 4.78 is 0.811. The third kappa shape index (κ3) is 3.71. The average molecular weight is 315 g/mol. The highest BCUT2D eigenvalue weighted by atomic mass is 35.5. The van der Waals surface area contributed by atoms with Crippen molar-refractivity contribution in [1.29, 1.82) is 0 Å². The number of rotatable bonds is 5. The lowest BCUT2D eigenvalue weighted by molar-refractivity contribution is 0.244. The highest BCUT2D eigenvalue weighted by Gasteiger charge is 2.18. The van der Waals surface area contributed by atoms with Crippen molar-refractivity contribution < 1.29 is 0 Å². The first-order valence-corrected chi connectivity index (χ1v) is 7.58. The third-order valence-corrected chi connectivity index (χ3v) is 4.61. The van der Waals surface area contributed by atoms with Crippen LogP contribution < -0.4 is 5.73 Å². The van der Waals surface area contributed by atoms with Crippen LogP contribution in [0.25, 0.3) is 0 Å². The summed E-state index contributed by atoms with van der Waals surface area (Å²) in [4.78, 5) is 3.42. The fourth-order valence-corrected chi connectivity index (χ4v) is 3.50. The first kappa shape index (κ1) is 14.8. The molecule has 0 aliphatic heterocycles. The lowest BCUT2D eigenvalue weighted by atomic mass is 10.1. The van der Waals surface area contributed by atoms with E-state index in [1.54, 1.807) is 11.3 Å². The number of nitrogens with zero attached hydrogens (tertiary/aromatic N) is 1. The molecule has 2 N–H and O–H groups in total. The van der Waals surface area contributed by atoms with Crippen molar-refractivity contribution in [3.05, 3.63) is 56.2 Å². The second-order valence-electron chi connectivity index (χ2n) is 4.39. The van der Waals surface area contributed by atoms with E-state index in [9.17, 15) is 0 Å². The predicted octanol–water partition coefficient (Wildman–Crippen LogP) is 4.19. The summed E-state index contributed by atoms with van der Waals surface area (Å²) >= 11 is 13.8. The van der Waals surface area contributed by atoms with Crippen molar-refractivity contribution in [3.63, 3.8) is 0 Å². The molecule has 0 saturated carbocycles. The molecule has 1 unspecified atom stereocenters. The number of halogens is 2. The van der Waals surface area contributed by atoms with Crippen LogP contribution in [0, 0.1) is 0 Å². The molecule has 0 bridgehead atoms. The number of hydrogen-bond donors (Lipinski definition) is 1. The first-order valence-electron chi connectivity index (χ1n) is 6.00. The Morgan fingerprint density at radius 3 is 2.53 bits per heavy atom. The van der Waals surface area contributed by atoms with Gasteiger partial charge >= 0.3 is 0 Å². The van der Waals surface area contributed by atoms with E-state index in [2.05, 4.69) is 11.9 Å². The van der Waals surface area contributed by atoms with Gasteiger partial charge in [0.15, 0.2) is 0 Å². The monoisotopic (exact) mass is 314 g/mol. The van der Waals surface area contributed by atoms with Gasteiger partial charge in [-0.15, -0.1) is 11.3 Å². The zero-order valence-corrected chi connectivity index (χ0v) is 13.0. The molecule has 0 aliphatic carbocycles. The second kappa shape index (κ2) is 6.73. The van der Waals surface area contributed by atoms with Crippen molar-refractivity contribution in [3.8, 4) is 0 Å². The molecule has 102 valence electrons. The molecule has 5 heteroatoms. The molecule has 1 aromatic heterocycles. The zero-order valence-electron chi connectivity index (χ0n) is 10.6. The second-order valence-corrected chi connectivity index (χ2v) is 6.60. The van der Waals surface area contributed by atoms with Gasteiger partial charge in [0.2, 0.25) is 0 Å². The molecule has 2 aromatic rings. The largest absolute Gasteiger partial charge is 0.329 e. The normalized spacial score (nSPS) is 12.9. The predicted molar refractivity (Wildman–Crippen MR) is 84.0 cm³/mol. The van der Waals surface area contributed by atoms with Crippen molar-refractivity contribution in [2.45, 2.75) is 12.6 Å². The summed E-state index contributed by atoms with van der Waals surface area (Å²) in [5, 5.41) is 0.758. The number of benzene rings is 1. The molecule has 0 fully saturated rings. The van der Waals surface area contributed by atoms with E-state index < -0.39 is 0 Å². The van der Waals surface area contributed by atoms with Gasteiger partial charge in [-0.2, -0.15) is 0 Å². The minimum atomic E-state index is 0.106. The standard InChI is InChI=1S/C14H16Cl2N2S/c1-18(9-10-6-7-14(16)19-10)13(8-17)11-4-2-3-5-12(11)15/h2-7,13H,8-9,17H2,1H3. The van der Waals surface area contributed by atoms with E-state index in [4.69, 9.17) is 28.9 Å². The highest BCUT2D eigenvalue weighted by molar-refractivity contribution is 7.16. The van der Waals surface area contributed by atoms with Crippen LogP contribution in [0.5, 0.6) is 0 Å². The molecule has 0 amide bonds. The van der Waals surface area contributed by atoms with Crippen molar-refractivity contribution in [2.75, 3.05) is 13.6 Å². The van der Waals surface area contributed by atoms with E-state index in [1.807, 2.05) is 36.4 Å². The summed E-state index contributed by atoms with van der Waals surface area (Å²) in [6.45, 7) is 1.34. The fourth-order valence-electron chi connectivity index (χ4n) is 2.08. The zero-order chi connectivity index (χ0) is 13.8. The summed E-state index contributed by atoms with van der Waals surface area (Å²) in [5.41, 5.74) is 6.98. The third-order valence-electron chi connectivity index (χ3n) is 3.05. The maximum atomic E-state index is 6.25. The van der Waals surface area contributed by atoms with Crippen LogP contribution in [0.4, 0.5) is 0 Å². The number of hydrogen-bond acceptors (Lipinski definition) is 3. The maximum Gasteiger partial charge on any atom is 0.0931 e. The molecule has 0 spiro atoms. The quantitative estimate of drug-likeness (QED) is 0.896. The van der Waals surface area contributed by atoms with Gasteiger partial charge in [0.25, 0.3) is 0 Å². The average Bonchev–Trinajstić information content (AvgIpc) is 2.78. The van der Waals surface area contributed by atoms with Gasteiger partial charge in [-0.1, -0.05) is 41.4 Å². The van der Waals surface area contributed by atoms with Crippen LogP contribution in [0.1, 0.15) is 16.5 Å². The molecule has 1 heterocycles. The minimum Gasteiger partial charge on any atom is -0.329 e. The van der Waals surface area contributed by atoms with Crippen LogP contribution in [0.2, 0.25) is 9.36 Å². The topological polar surface area (TPSA) is 29.3 Å². The Balaban J connectivity index is 2.15. The molecule has 0 saturated heterocycles. The van der Waals surface area contributed by atoms with Gasteiger partial charge in [-0.3, -0.25) is 4.90 Å². The minimum absolute atomic E-state index is 0.106. The van der Waals surface area contributed by atoms with Gasteiger partial charge in [-0.25, -0.2) is 0 Å².